The summed E-state index contributed by atoms with van der Waals surface area (Å²) in [6, 6.07) is 4.78. The molecule has 0 bridgehead atoms. The van der Waals surface area contributed by atoms with Crippen molar-refractivity contribution >= 4 is 10.0 Å². The predicted molar refractivity (Wildman–Crippen MR) is 81.0 cm³/mol. The van der Waals surface area contributed by atoms with Gasteiger partial charge in [0.05, 0.1) is 0 Å². The van der Waals surface area contributed by atoms with Crippen molar-refractivity contribution in [2.45, 2.75) is 63.1 Å². The minimum Gasteiger partial charge on any atom is -0.310 e. The molecule has 1 aromatic rings. The van der Waals surface area contributed by atoms with Gasteiger partial charge in [0.1, 0.15) is 10.7 Å². The highest BCUT2D eigenvalue weighted by Crippen LogP contribution is 2.22. The van der Waals surface area contributed by atoms with Gasteiger partial charge in [0.15, 0.2) is 0 Å². The molecule has 2 rings (SSSR count). The normalized spacial score (nSPS) is 16.2. The zero-order chi connectivity index (χ0) is 15.7. The van der Waals surface area contributed by atoms with Gasteiger partial charge >= 0.3 is 0 Å². The van der Waals surface area contributed by atoms with Crippen LogP contribution in [0.5, 0.6) is 0 Å². The van der Waals surface area contributed by atoms with E-state index in [0.717, 1.165) is 18.4 Å². The second-order valence-electron chi connectivity index (χ2n) is 6.26. The second kappa shape index (κ2) is 6.02. The molecule has 0 spiro atoms. The number of nitrogens with one attached hydrogen (secondary N) is 2. The van der Waals surface area contributed by atoms with E-state index in [1.54, 1.807) is 19.9 Å². The van der Waals surface area contributed by atoms with Gasteiger partial charge in [-0.25, -0.2) is 17.5 Å². The fraction of sp³-hybridized carbons (Fsp3) is 0.600. The van der Waals surface area contributed by atoms with Crippen LogP contribution in [-0.4, -0.2) is 20.0 Å². The summed E-state index contributed by atoms with van der Waals surface area (Å²) in [6.45, 7) is 6.00. The summed E-state index contributed by atoms with van der Waals surface area (Å²) >= 11 is 0. The van der Waals surface area contributed by atoms with E-state index in [1.165, 1.54) is 12.1 Å². The molecule has 1 fully saturated rings. The Morgan fingerprint density at radius 1 is 1.33 bits per heavy atom. The Morgan fingerprint density at radius 2 is 2.00 bits per heavy atom. The molecule has 0 atom stereocenters. The molecule has 0 saturated heterocycles. The van der Waals surface area contributed by atoms with Crippen molar-refractivity contribution in [2.24, 2.45) is 0 Å². The molecular weight excluding hydrogens is 291 g/mol. The molecule has 0 aromatic heterocycles. The smallest absolute Gasteiger partial charge is 0.243 e. The highest BCUT2D eigenvalue weighted by molar-refractivity contribution is 7.89. The Balaban J connectivity index is 2.21. The van der Waals surface area contributed by atoms with Gasteiger partial charge < -0.3 is 5.32 Å². The van der Waals surface area contributed by atoms with E-state index in [0.29, 0.717) is 19.0 Å². The summed E-state index contributed by atoms with van der Waals surface area (Å²) in [6.07, 6.45) is 2.92. The van der Waals surface area contributed by atoms with Crippen molar-refractivity contribution in [3.63, 3.8) is 0 Å². The van der Waals surface area contributed by atoms with Crippen LogP contribution in [0, 0.1) is 5.82 Å². The average molecular weight is 314 g/mol. The third kappa shape index (κ3) is 4.49. The molecule has 4 nitrogen and oxygen atoms in total. The maximum Gasteiger partial charge on any atom is 0.243 e. The van der Waals surface area contributed by atoms with Crippen LogP contribution in [0.15, 0.2) is 23.1 Å². The molecule has 0 unspecified atom stereocenters. The monoisotopic (exact) mass is 314 g/mol. The average Bonchev–Trinajstić information content (AvgIpc) is 3.20. The molecule has 0 amide bonds. The number of benzene rings is 1. The van der Waals surface area contributed by atoms with Crippen molar-refractivity contribution in [3.05, 3.63) is 29.6 Å². The summed E-state index contributed by atoms with van der Waals surface area (Å²) in [5, 5.41) is 3.29. The van der Waals surface area contributed by atoms with E-state index in [2.05, 4.69) is 10.0 Å². The van der Waals surface area contributed by atoms with Crippen LogP contribution in [0.1, 0.15) is 45.6 Å². The molecule has 1 aliphatic rings. The molecule has 1 saturated carbocycles. The van der Waals surface area contributed by atoms with Gasteiger partial charge in [-0.05, 0) is 50.8 Å². The van der Waals surface area contributed by atoms with Gasteiger partial charge in [-0.15, -0.1) is 0 Å². The topological polar surface area (TPSA) is 58.2 Å². The lowest BCUT2D eigenvalue weighted by molar-refractivity contribution is 0.437. The minimum atomic E-state index is -3.86. The third-order valence-corrected chi connectivity index (χ3v) is 5.47. The van der Waals surface area contributed by atoms with Crippen LogP contribution < -0.4 is 10.0 Å². The Labute approximate surface area is 126 Å². The van der Waals surface area contributed by atoms with Crippen molar-refractivity contribution in [2.75, 3.05) is 0 Å². The largest absolute Gasteiger partial charge is 0.310 e. The van der Waals surface area contributed by atoms with Gasteiger partial charge in [0, 0.05) is 18.1 Å². The first-order chi connectivity index (χ1) is 9.73. The van der Waals surface area contributed by atoms with Gasteiger partial charge in [-0.3, -0.25) is 0 Å². The lowest BCUT2D eigenvalue weighted by Crippen LogP contribution is -2.42. The van der Waals surface area contributed by atoms with Gasteiger partial charge in [0.2, 0.25) is 10.0 Å². The Morgan fingerprint density at radius 3 is 2.57 bits per heavy atom. The summed E-state index contributed by atoms with van der Waals surface area (Å²) in [7, 11) is -3.86. The molecular formula is C15H23FN2O2S. The SMILES string of the molecule is CCC(C)(C)NS(=O)(=O)c1cc(CNC2CC2)ccc1F. The first-order valence-electron chi connectivity index (χ1n) is 7.29. The molecule has 118 valence electrons. The summed E-state index contributed by atoms with van der Waals surface area (Å²) < 4.78 is 41.2. The van der Waals surface area contributed by atoms with Crippen molar-refractivity contribution in [3.8, 4) is 0 Å². The van der Waals surface area contributed by atoms with Crippen molar-refractivity contribution in [1.82, 2.24) is 10.0 Å². The number of rotatable bonds is 7. The number of hydrogen-bond donors (Lipinski definition) is 2. The molecule has 0 radical (unpaired) electrons. The number of halogens is 1. The van der Waals surface area contributed by atoms with Crippen molar-refractivity contribution < 1.29 is 12.8 Å². The molecule has 2 N–H and O–H groups in total. The van der Waals surface area contributed by atoms with Crippen LogP contribution in [0.25, 0.3) is 0 Å². The quantitative estimate of drug-likeness (QED) is 0.813. The maximum atomic E-state index is 13.9. The second-order valence-corrected chi connectivity index (χ2v) is 7.91. The summed E-state index contributed by atoms with van der Waals surface area (Å²) in [5.41, 5.74) is 0.172. The Kier molecular flexibility index (Phi) is 4.70. The lowest BCUT2D eigenvalue weighted by atomic mass is 10.0. The van der Waals surface area contributed by atoms with E-state index in [1.807, 2.05) is 6.92 Å². The number of hydrogen-bond acceptors (Lipinski definition) is 3. The minimum absolute atomic E-state index is 0.279. The van der Waals surface area contributed by atoms with E-state index in [9.17, 15) is 12.8 Å². The molecule has 1 aliphatic carbocycles. The zero-order valence-electron chi connectivity index (χ0n) is 12.7. The van der Waals surface area contributed by atoms with E-state index >= 15 is 0 Å². The number of sulfonamides is 1. The fourth-order valence-electron chi connectivity index (χ4n) is 1.90. The maximum absolute atomic E-state index is 13.9. The van der Waals surface area contributed by atoms with Gasteiger partial charge in [-0.1, -0.05) is 13.0 Å². The van der Waals surface area contributed by atoms with E-state index < -0.39 is 21.4 Å². The fourth-order valence-corrected chi connectivity index (χ4v) is 3.52. The standard InChI is InChI=1S/C15H23FN2O2S/c1-4-15(2,3)18-21(19,20)14-9-11(5-8-13(14)16)10-17-12-6-7-12/h5,8-9,12,17-18H,4,6-7,10H2,1-3H3. The highest BCUT2D eigenvalue weighted by Gasteiger charge is 2.27. The Bertz CT molecular complexity index is 610. The van der Waals surface area contributed by atoms with E-state index in [4.69, 9.17) is 0 Å². The van der Waals surface area contributed by atoms with E-state index in [-0.39, 0.29) is 4.90 Å². The van der Waals surface area contributed by atoms with Crippen LogP contribution in [0.4, 0.5) is 4.39 Å². The first kappa shape index (κ1) is 16.4. The van der Waals surface area contributed by atoms with Crippen molar-refractivity contribution in [1.29, 1.82) is 0 Å². The van der Waals surface area contributed by atoms with Gasteiger partial charge in [0.25, 0.3) is 0 Å². The molecule has 0 heterocycles. The highest BCUT2D eigenvalue weighted by atomic mass is 32.2. The molecule has 0 aliphatic heterocycles. The molecule has 1 aromatic carbocycles. The predicted octanol–water partition coefficient (Wildman–Crippen LogP) is 2.54. The summed E-state index contributed by atoms with van der Waals surface area (Å²) in [4.78, 5) is -0.279. The lowest BCUT2D eigenvalue weighted by Gasteiger charge is -2.24. The van der Waals surface area contributed by atoms with Crippen LogP contribution >= 0.6 is 0 Å². The zero-order valence-corrected chi connectivity index (χ0v) is 13.6. The molecule has 21 heavy (non-hydrogen) atoms. The Hall–Kier alpha value is -0.980. The van der Waals surface area contributed by atoms with Crippen LogP contribution in [0.3, 0.4) is 0 Å². The summed E-state index contributed by atoms with van der Waals surface area (Å²) in [5.74, 6) is -0.718. The third-order valence-electron chi connectivity index (χ3n) is 3.75. The van der Waals surface area contributed by atoms with Crippen LogP contribution in [0.2, 0.25) is 0 Å². The van der Waals surface area contributed by atoms with Crippen LogP contribution in [-0.2, 0) is 16.6 Å². The molecule has 6 heteroatoms. The van der Waals surface area contributed by atoms with Gasteiger partial charge in [-0.2, -0.15) is 0 Å². The first-order valence-corrected chi connectivity index (χ1v) is 8.77.